The monoisotopic (exact) mass is 283 g/mol. The minimum atomic E-state index is -0.249. The highest BCUT2D eigenvalue weighted by Crippen LogP contribution is 2.32. The number of rotatable bonds is 4. The van der Waals surface area contributed by atoms with Crippen LogP contribution in [0.2, 0.25) is 5.15 Å². The zero-order valence-corrected chi connectivity index (χ0v) is 11.7. The second-order valence-electron chi connectivity index (χ2n) is 4.74. The van der Waals surface area contributed by atoms with E-state index >= 15 is 0 Å². The predicted octanol–water partition coefficient (Wildman–Crippen LogP) is 1.26. The van der Waals surface area contributed by atoms with Crippen molar-refractivity contribution < 1.29 is 4.79 Å². The fourth-order valence-corrected chi connectivity index (χ4v) is 2.74. The van der Waals surface area contributed by atoms with Crippen molar-refractivity contribution in [2.45, 2.75) is 19.3 Å². The van der Waals surface area contributed by atoms with Gasteiger partial charge >= 0.3 is 0 Å². The third-order valence-corrected chi connectivity index (χ3v) is 3.63. The number of hydrogen-bond donors (Lipinski definition) is 2. The Bertz CT molecular complexity index is 467. The molecule has 1 aliphatic heterocycles. The van der Waals surface area contributed by atoms with Gasteiger partial charge in [0.05, 0.1) is 0 Å². The quantitative estimate of drug-likeness (QED) is 0.813. The van der Waals surface area contributed by atoms with E-state index in [1.165, 1.54) is 6.33 Å². The Hall–Kier alpha value is -1.56. The van der Waals surface area contributed by atoms with Gasteiger partial charge in [-0.1, -0.05) is 11.6 Å². The lowest BCUT2D eigenvalue weighted by molar-refractivity contribution is -0.118. The molecule has 1 aromatic heterocycles. The van der Waals surface area contributed by atoms with Crippen LogP contribution < -0.4 is 16.0 Å². The van der Waals surface area contributed by atoms with Crippen molar-refractivity contribution in [2.24, 2.45) is 11.7 Å². The number of carbonyl (C=O) groups is 1. The molecule has 1 amide bonds. The number of aromatic nitrogens is 2. The fraction of sp³-hybridized carbons (Fsp3) is 0.583. The lowest BCUT2D eigenvalue weighted by Crippen LogP contribution is -2.38. The van der Waals surface area contributed by atoms with Gasteiger partial charge in [0.1, 0.15) is 12.0 Å². The zero-order chi connectivity index (χ0) is 13.8. The lowest BCUT2D eigenvalue weighted by atomic mass is 9.94. The van der Waals surface area contributed by atoms with E-state index in [0.717, 1.165) is 37.4 Å². The van der Waals surface area contributed by atoms with Gasteiger partial charge in [-0.25, -0.2) is 9.97 Å². The van der Waals surface area contributed by atoms with Crippen LogP contribution in [-0.2, 0) is 4.79 Å². The molecule has 104 valence electrons. The molecule has 1 aromatic rings. The first-order valence-electron chi connectivity index (χ1n) is 6.33. The molecule has 1 unspecified atom stereocenters. The number of piperidine rings is 1. The van der Waals surface area contributed by atoms with Gasteiger partial charge in [0.25, 0.3) is 0 Å². The van der Waals surface area contributed by atoms with Crippen molar-refractivity contribution in [1.29, 1.82) is 0 Å². The van der Waals surface area contributed by atoms with Crippen molar-refractivity contribution >= 4 is 29.0 Å². The minimum Gasteiger partial charge on any atom is -0.383 e. The molecule has 0 radical (unpaired) electrons. The van der Waals surface area contributed by atoms with Crippen molar-refractivity contribution in [2.75, 3.05) is 30.4 Å². The van der Waals surface area contributed by atoms with E-state index in [-0.39, 0.29) is 11.8 Å². The number of nitrogens with one attached hydrogen (secondary N) is 1. The number of primary amides is 1. The standard InChI is InChI=1S/C12H18ClN5O/c1-15-10-11(13)16-7-17-12(10)18-4-2-3-8(6-18)5-9(14)19/h7-8,15H,2-6H2,1H3,(H2,14,19). The molecule has 1 saturated heterocycles. The van der Waals surface area contributed by atoms with Crippen LogP contribution in [-0.4, -0.2) is 36.0 Å². The Kier molecular flexibility index (Phi) is 4.42. The smallest absolute Gasteiger partial charge is 0.217 e. The van der Waals surface area contributed by atoms with Crippen LogP contribution in [0.4, 0.5) is 11.5 Å². The highest BCUT2D eigenvalue weighted by Gasteiger charge is 2.24. The number of amides is 1. The Balaban J connectivity index is 2.17. The highest BCUT2D eigenvalue weighted by atomic mass is 35.5. The Morgan fingerprint density at radius 3 is 3.11 bits per heavy atom. The molecule has 1 atom stereocenters. The van der Waals surface area contributed by atoms with Crippen LogP contribution in [0.3, 0.4) is 0 Å². The summed E-state index contributed by atoms with van der Waals surface area (Å²) in [7, 11) is 1.79. The maximum absolute atomic E-state index is 11.0. The molecule has 0 saturated carbocycles. The highest BCUT2D eigenvalue weighted by molar-refractivity contribution is 6.32. The second kappa shape index (κ2) is 6.06. The molecule has 0 spiro atoms. The van der Waals surface area contributed by atoms with E-state index < -0.39 is 0 Å². The second-order valence-corrected chi connectivity index (χ2v) is 5.10. The average Bonchev–Trinajstić information content (AvgIpc) is 2.38. The molecule has 3 N–H and O–H groups in total. The number of nitrogens with zero attached hydrogens (tertiary/aromatic N) is 3. The van der Waals surface area contributed by atoms with Gasteiger partial charge in [0.15, 0.2) is 11.0 Å². The maximum atomic E-state index is 11.0. The lowest BCUT2D eigenvalue weighted by Gasteiger charge is -2.34. The summed E-state index contributed by atoms with van der Waals surface area (Å²) in [6, 6.07) is 0. The van der Waals surface area contributed by atoms with Crippen molar-refractivity contribution in [3.05, 3.63) is 11.5 Å². The molecule has 1 aliphatic rings. The number of nitrogens with two attached hydrogens (primary N) is 1. The van der Waals surface area contributed by atoms with Gasteiger partial charge < -0.3 is 16.0 Å². The summed E-state index contributed by atoms with van der Waals surface area (Å²) in [5, 5.41) is 3.43. The van der Waals surface area contributed by atoms with E-state index in [1.807, 2.05) is 0 Å². The van der Waals surface area contributed by atoms with Crippen LogP contribution in [0.15, 0.2) is 6.33 Å². The topological polar surface area (TPSA) is 84.1 Å². The summed E-state index contributed by atoms with van der Waals surface area (Å²) in [4.78, 5) is 21.4. The van der Waals surface area contributed by atoms with Gasteiger partial charge in [-0.05, 0) is 18.8 Å². The third-order valence-electron chi connectivity index (χ3n) is 3.34. The molecule has 7 heteroatoms. The number of carbonyl (C=O) groups excluding carboxylic acids is 1. The first kappa shape index (κ1) is 13.9. The van der Waals surface area contributed by atoms with Crippen LogP contribution in [0.1, 0.15) is 19.3 Å². The fourth-order valence-electron chi connectivity index (χ4n) is 2.52. The average molecular weight is 284 g/mol. The summed E-state index contributed by atoms with van der Waals surface area (Å²) >= 11 is 6.06. The molecule has 0 aromatic carbocycles. The molecule has 2 rings (SSSR count). The summed E-state index contributed by atoms with van der Waals surface area (Å²) in [6.45, 7) is 1.67. The number of anilines is 2. The summed E-state index contributed by atoms with van der Waals surface area (Å²) < 4.78 is 0. The van der Waals surface area contributed by atoms with Crippen molar-refractivity contribution in [3.8, 4) is 0 Å². The van der Waals surface area contributed by atoms with Gasteiger partial charge in [-0.3, -0.25) is 4.79 Å². The van der Waals surface area contributed by atoms with Crippen LogP contribution in [0.25, 0.3) is 0 Å². The SMILES string of the molecule is CNc1c(Cl)ncnc1N1CCCC(CC(N)=O)C1. The first-order chi connectivity index (χ1) is 9.11. The molecule has 19 heavy (non-hydrogen) atoms. The third kappa shape index (κ3) is 3.26. The van der Waals surface area contributed by atoms with Crippen LogP contribution in [0.5, 0.6) is 0 Å². The van der Waals surface area contributed by atoms with Crippen molar-refractivity contribution in [3.63, 3.8) is 0 Å². The van der Waals surface area contributed by atoms with E-state index in [9.17, 15) is 4.79 Å². The van der Waals surface area contributed by atoms with Gasteiger partial charge in [0.2, 0.25) is 5.91 Å². The summed E-state index contributed by atoms with van der Waals surface area (Å²) in [5.74, 6) is 0.822. The van der Waals surface area contributed by atoms with E-state index in [4.69, 9.17) is 17.3 Å². The van der Waals surface area contributed by atoms with E-state index in [2.05, 4.69) is 20.2 Å². The molecular weight excluding hydrogens is 266 g/mol. The molecule has 0 bridgehead atoms. The minimum absolute atomic E-state index is 0.249. The van der Waals surface area contributed by atoms with Crippen LogP contribution in [0, 0.1) is 5.92 Å². The summed E-state index contributed by atoms with van der Waals surface area (Å²) in [6.07, 6.45) is 3.91. The van der Waals surface area contributed by atoms with Gasteiger partial charge in [0, 0.05) is 26.6 Å². The van der Waals surface area contributed by atoms with E-state index in [1.54, 1.807) is 7.05 Å². The Labute approximate surface area is 117 Å². The normalized spacial score (nSPS) is 19.3. The molecule has 1 fully saturated rings. The number of hydrogen-bond acceptors (Lipinski definition) is 5. The Morgan fingerprint density at radius 2 is 2.42 bits per heavy atom. The molecular formula is C12H18ClN5O. The van der Waals surface area contributed by atoms with Gasteiger partial charge in [-0.15, -0.1) is 0 Å². The molecule has 2 heterocycles. The maximum Gasteiger partial charge on any atom is 0.217 e. The molecule has 0 aliphatic carbocycles. The first-order valence-corrected chi connectivity index (χ1v) is 6.71. The largest absolute Gasteiger partial charge is 0.383 e. The van der Waals surface area contributed by atoms with Crippen LogP contribution >= 0.6 is 11.6 Å². The molecule has 6 nitrogen and oxygen atoms in total. The van der Waals surface area contributed by atoms with Crippen molar-refractivity contribution in [1.82, 2.24) is 9.97 Å². The summed E-state index contributed by atoms with van der Waals surface area (Å²) in [5.41, 5.74) is 6.00. The van der Waals surface area contributed by atoms with Gasteiger partial charge in [-0.2, -0.15) is 0 Å². The number of halogens is 1. The predicted molar refractivity (Wildman–Crippen MR) is 75.3 cm³/mol. The van der Waals surface area contributed by atoms with E-state index in [0.29, 0.717) is 11.6 Å². The Morgan fingerprint density at radius 1 is 1.63 bits per heavy atom. The zero-order valence-electron chi connectivity index (χ0n) is 10.9.